The summed E-state index contributed by atoms with van der Waals surface area (Å²) >= 11 is 0. The molecule has 1 aromatic carbocycles. The summed E-state index contributed by atoms with van der Waals surface area (Å²) in [4.78, 5) is 12.3. The molecular formula is C18H21N5O3S. The van der Waals surface area contributed by atoms with Crippen LogP contribution in [0, 0.1) is 13.8 Å². The quantitative estimate of drug-likeness (QED) is 0.534. The minimum atomic E-state index is -3.67. The van der Waals surface area contributed by atoms with Gasteiger partial charge in [-0.05, 0) is 50.2 Å². The van der Waals surface area contributed by atoms with Gasteiger partial charge in [0.15, 0.2) is 0 Å². The van der Waals surface area contributed by atoms with Crippen LogP contribution in [0.3, 0.4) is 0 Å². The molecule has 0 unspecified atom stereocenters. The van der Waals surface area contributed by atoms with Gasteiger partial charge in [-0.25, -0.2) is 13.1 Å². The van der Waals surface area contributed by atoms with Crippen molar-refractivity contribution < 1.29 is 13.2 Å². The molecule has 3 N–H and O–H groups in total. The highest BCUT2D eigenvalue weighted by molar-refractivity contribution is 7.89. The van der Waals surface area contributed by atoms with Crippen molar-refractivity contribution in [3.8, 4) is 5.69 Å². The molecule has 1 amide bonds. The second-order valence-corrected chi connectivity index (χ2v) is 7.76. The Balaban J connectivity index is 1.52. The summed E-state index contributed by atoms with van der Waals surface area (Å²) in [5, 5.41) is 9.24. The molecule has 2 aromatic heterocycles. The van der Waals surface area contributed by atoms with Crippen LogP contribution in [0.2, 0.25) is 0 Å². The second kappa shape index (κ2) is 7.77. The monoisotopic (exact) mass is 387 g/mol. The van der Waals surface area contributed by atoms with E-state index < -0.39 is 10.0 Å². The number of amides is 1. The molecule has 0 bridgehead atoms. The number of rotatable bonds is 7. The normalized spacial score (nSPS) is 11.5. The largest absolute Gasteiger partial charge is 0.351 e. The van der Waals surface area contributed by atoms with E-state index in [0.717, 1.165) is 5.69 Å². The number of nitrogens with one attached hydrogen (secondary N) is 3. The minimum Gasteiger partial charge on any atom is -0.351 e. The number of nitrogens with zero attached hydrogens (tertiary/aromatic N) is 2. The van der Waals surface area contributed by atoms with Crippen molar-refractivity contribution in [2.75, 3.05) is 13.1 Å². The summed E-state index contributed by atoms with van der Waals surface area (Å²) in [6.07, 6.45) is 3.84. The number of sulfonamides is 1. The van der Waals surface area contributed by atoms with Crippen LogP contribution in [0.25, 0.3) is 5.69 Å². The second-order valence-electron chi connectivity index (χ2n) is 6.05. The van der Waals surface area contributed by atoms with Gasteiger partial charge >= 0.3 is 0 Å². The number of H-pyrrole nitrogens is 1. The zero-order valence-corrected chi connectivity index (χ0v) is 15.9. The molecule has 0 aliphatic heterocycles. The molecule has 0 radical (unpaired) electrons. The predicted molar refractivity (Wildman–Crippen MR) is 101 cm³/mol. The molecule has 0 atom stereocenters. The number of carbonyl (C=O) groups excluding carboxylic acids is 1. The first-order chi connectivity index (χ1) is 12.9. The van der Waals surface area contributed by atoms with Gasteiger partial charge in [-0.1, -0.05) is 0 Å². The topological polar surface area (TPSA) is 109 Å². The molecule has 2 heterocycles. The molecule has 27 heavy (non-hydrogen) atoms. The van der Waals surface area contributed by atoms with Crippen LogP contribution >= 0.6 is 0 Å². The molecule has 0 fully saturated rings. The molecule has 0 saturated carbocycles. The maximum absolute atomic E-state index is 12.3. The number of hydrogen-bond donors (Lipinski definition) is 3. The molecule has 0 spiro atoms. The Morgan fingerprint density at radius 3 is 2.37 bits per heavy atom. The van der Waals surface area contributed by atoms with Gasteiger partial charge in [0.2, 0.25) is 10.0 Å². The van der Waals surface area contributed by atoms with Crippen molar-refractivity contribution in [3.63, 3.8) is 0 Å². The maximum atomic E-state index is 12.3. The van der Waals surface area contributed by atoms with E-state index in [1.807, 2.05) is 41.2 Å². The Morgan fingerprint density at radius 1 is 1.11 bits per heavy atom. The zero-order valence-electron chi connectivity index (χ0n) is 15.1. The van der Waals surface area contributed by atoms with Crippen molar-refractivity contribution in [3.05, 3.63) is 65.7 Å². The highest BCUT2D eigenvalue weighted by Gasteiger charge is 2.21. The van der Waals surface area contributed by atoms with E-state index >= 15 is 0 Å². The van der Waals surface area contributed by atoms with Crippen molar-refractivity contribution in [1.82, 2.24) is 24.8 Å². The lowest BCUT2D eigenvalue weighted by molar-refractivity contribution is 0.0954. The Morgan fingerprint density at radius 2 is 1.78 bits per heavy atom. The third-order valence-electron chi connectivity index (χ3n) is 4.06. The lowest BCUT2D eigenvalue weighted by Gasteiger charge is -2.09. The Hall–Kier alpha value is -2.91. The molecule has 142 valence electrons. The highest BCUT2D eigenvalue weighted by atomic mass is 32.2. The summed E-state index contributed by atoms with van der Waals surface area (Å²) in [5.74, 6) is -0.260. The third-order valence-corrected chi connectivity index (χ3v) is 5.79. The van der Waals surface area contributed by atoms with E-state index in [1.165, 1.54) is 0 Å². The predicted octanol–water partition coefficient (Wildman–Crippen LogP) is 1.53. The number of aryl methyl sites for hydroxylation is 2. The molecule has 9 heteroatoms. The minimum absolute atomic E-state index is 0.0829. The molecular weight excluding hydrogens is 366 g/mol. The maximum Gasteiger partial charge on any atom is 0.251 e. The molecule has 3 aromatic rings. The number of benzene rings is 1. The third kappa shape index (κ3) is 4.26. The zero-order chi connectivity index (χ0) is 19.4. The average Bonchev–Trinajstić information content (AvgIpc) is 3.29. The van der Waals surface area contributed by atoms with Crippen LogP contribution in [0.1, 0.15) is 21.7 Å². The standard InChI is InChI=1S/C18H21N5O3S/c1-13-17(14(2)22-21-13)27(25,26)20-10-9-19-18(24)15-5-7-16(8-6-15)23-11-3-4-12-23/h3-8,11-12,20H,9-10H2,1-2H3,(H,19,24)(H,21,22). The summed E-state index contributed by atoms with van der Waals surface area (Å²) in [6.45, 7) is 3.53. The van der Waals surface area contributed by atoms with Crippen molar-refractivity contribution in [1.29, 1.82) is 0 Å². The fourth-order valence-corrected chi connectivity index (χ4v) is 4.16. The van der Waals surface area contributed by atoms with Gasteiger partial charge in [0.05, 0.1) is 11.4 Å². The molecule has 8 nitrogen and oxygen atoms in total. The fraction of sp³-hybridized carbons (Fsp3) is 0.222. The van der Waals surface area contributed by atoms with Gasteiger partial charge in [0.1, 0.15) is 4.90 Å². The van der Waals surface area contributed by atoms with Crippen LogP contribution in [0.15, 0.2) is 53.7 Å². The van der Waals surface area contributed by atoms with Crippen LogP contribution in [-0.2, 0) is 10.0 Å². The van der Waals surface area contributed by atoms with Crippen LogP contribution < -0.4 is 10.0 Å². The van der Waals surface area contributed by atoms with Crippen molar-refractivity contribution in [2.24, 2.45) is 0 Å². The summed E-state index contributed by atoms with van der Waals surface area (Å²) in [5.41, 5.74) is 2.35. The number of carbonyl (C=O) groups is 1. The molecule has 0 saturated heterocycles. The van der Waals surface area contributed by atoms with E-state index in [0.29, 0.717) is 17.0 Å². The van der Waals surface area contributed by atoms with Crippen molar-refractivity contribution >= 4 is 15.9 Å². The van der Waals surface area contributed by atoms with E-state index in [1.54, 1.807) is 26.0 Å². The van der Waals surface area contributed by atoms with E-state index in [2.05, 4.69) is 20.2 Å². The summed E-state index contributed by atoms with van der Waals surface area (Å²) < 4.78 is 29.0. The summed E-state index contributed by atoms with van der Waals surface area (Å²) in [7, 11) is -3.67. The first-order valence-corrected chi connectivity index (χ1v) is 9.89. The number of aromatic nitrogens is 3. The van der Waals surface area contributed by atoms with E-state index in [4.69, 9.17) is 0 Å². The van der Waals surface area contributed by atoms with Crippen LogP contribution in [-0.4, -0.2) is 42.2 Å². The summed E-state index contributed by atoms with van der Waals surface area (Å²) in [6, 6.07) is 11.0. The van der Waals surface area contributed by atoms with Gasteiger partial charge in [-0.3, -0.25) is 9.89 Å². The number of hydrogen-bond acceptors (Lipinski definition) is 4. The first-order valence-electron chi connectivity index (χ1n) is 8.41. The van der Waals surface area contributed by atoms with Gasteiger partial charge in [0, 0.05) is 36.7 Å². The van der Waals surface area contributed by atoms with E-state index in [9.17, 15) is 13.2 Å². The van der Waals surface area contributed by atoms with Crippen molar-refractivity contribution in [2.45, 2.75) is 18.7 Å². The van der Waals surface area contributed by atoms with Crippen LogP contribution in [0.5, 0.6) is 0 Å². The lowest BCUT2D eigenvalue weighted by Crippen LogP contribution is -2.35. The Labute approximate surface area is 157 Å². The Bertz CT molecular complexity index is 1000. The molecule has 0 aliphatic carbocycles. The van der Waals surface area contributed by atoms with Gasteiger partial charge in [-0.15, -0.1) is 0 Å². The average molecular weight is 387 g/mol. The SMILES string of the molecule is Cc1n[nH]c(C)c1S(=O)(=O)NCCNC(=O)c1ccc(-n2cccc2)cc1. The lowest BCUT2D eigenvalue weighted by atomic mass is 10.2. The Kier molecular flexibility index (Phi) is 5.43. The van der Waals surface area contributed by atoms with Gasteiger partial charge in [0.25, 0.3) is 5.91 Å². The molecule has 0 aliphatic rings. The highest BCUT2D eigenvalue weighted by Crippen LogP contribution is 2.15. The number of aromatic amines is 1. The van der Waals surface area contributed by atoms with Gasteiger partial charge in [-0.2, -0.15) is 5.10 Å². The molecule has 3 rings (SSSR count). The van der Waals surface area contributed by atoms with Crippen LogP contribution in [0.4, 0.5) is 0 Å². The smallest absolute Gasteiger partial charge is 0.251 e. The first kappa shape index (κ1) is 18.9. The van der Waals surface area contributed by atoms with Gasteiger partial charge < -0.3 is 9.88 Å². The van der Waals surface area contributed by atoms with E-state index in [-0.39, 0.29) is 23.9 Å². The fourth-order valence-electron chi connectivity index (χ4n) is 2.76.